The van der Waals surface area contributed by atoms with E-state index in [1.807, 2.05) is 0 Å². The Morgan fingerprint density at radius 1 is 0.842 bits per heavy atom. The number of unbranched alkanes of at least 4 members (excludes halogenated alkanes) is 8. The summed E-state index contributed by atoms with van der Waals surface area (Å²) in [6.45, 7) is 5.69. The Hall–Kier alpha value is -0.850. The van der Waals surface area contributed by atoms with Crippen molar-refractivity contribution in [2.75, 3.05) is 0 Å². The minimum absolute atomic E-state index is 1.14. The van der Waals surface area contributed by atoms with Gasteiger partial charge in [-0.05, 0) is 18.9 Å². The number of nitrogens with zero attached hydrogens (tertiary/aromatic N) is 1. The van der Waals surface area contributed by atoms with Crippen LogP contribution in [0.5, 0.6) is 0 Å². The summed E-state index contributed by atoms with van der Waals surface area (Å²) in [5.74, 6) is 0. The van der Waals surface area contributed by atoms with Crippen molar-refractivity contribution in [1.29, 1.82) is 0 Å². The lowest BCUT2D eigenvalue weighted by Crippen LogP contribution is -2.33. The normalized spacial score (nSPS) is 10.8. The van der Waals surface area contributed by atoms with E-state index in [4.69, 9.17) is 0 Å². The standard InChI is InChI=1S/C18H32N/c1-3-5-6-7-8-9-10-11-12-15-19-16-13-14-18(4-2)17-19/h13-14,16-17H,3-12,15H2,1-2H3/q+1. The second-order valence-corrected chi connectivity index (χ2v) is 5.63. The van der Waals surface area contributed by atoms with Gasteiger partial charge in [0.1, 0.15) is 6.54 Å². The quantitative estimate of drug-likeness (QED) is 0.387. The van der Waals surface area contributed by atoms with Gasteiger partial charge in [-0.25, -0.2) is 4.57 Å². The zero-order chi connectivity index (χ0) is 13.8. The van der Waals surface area contributed by atoms with Crippen LogP contribution in [0.3, 0.4) is 0 Å². The van der Waals surface area contributed by atoms with E-state index in [-0.39, 0.29) is 0 Å². The molecule has 0 unspecified atom stereocenters. The first kappa shape index (κ1) is 16.2. The predicted octanol–water partition coefficient (Wildman–Crippen LogP) is 5.07. The maximum absolute atomic E-state index is 2.35. The molecule has 0 aliphatic carbocycles. The lowest BCUT2D eigenvalue weighted by molar-refractivity contribution is -0.697. The molecule has 1 rings (SSSR count). The Bertz CT molecular complexity index is 319. The highest BCUT2D eigenvalue weighted by atomic mass is 14.9. The fraction of sp³-hybridized carbons (Fsp3) is 0.722. The maximum atomic E-state index is 2.35. The Morgan fingerprint density at radius 2 is 1.47 bits per heavy atom. The Labute approximate surface area is 120 Å². The third-order valence-electron chi connectivity index (χ3n) is 3.85. The van der Waals surface area contributed by atoms with Gasteiger partial charge in [0.2, 0.25) is 0 Å². The van der Waals surface area contributed by atoms with Crippen LogP contribution in [-0.4, -0.2) is 0 Å². The molecule has 0 atom stereocenters. The molecule has 0 aliphatic heterocycles. The average Bonchev–Trinajstić information content (AvgIpc) is 2.46. The zero-order valence-electron chi connectivity index (χ0n) is 13.0. The molecule has 1 nitrogen and oxygen atoms in total. The van der Waals surface area contributed by atoms with Crippen molar-refractivity contribution >= 4 is 0 Å². The number of rotatable bonds is 11. The van der Waals surface area contributed by atoms with Gasteiger partial charge in [-0.1, -0.05) is 58.8 Å². The van der Waals surface area contributed by atoms with Crippen molar-refractivity contribution < 1.29 is 4.57 Å². The third-order valence-corrected chi connectivity index (χ3v) is 3.85. The van der Waals surface area contributed by atoms with Gasteiger partial charge in [0.15, 0.2) is 12.4 Å². The van der Waals surface area contributed by atoms with Gasteiger partial charge in [-0.3, -0.25) is 0 Å². The van der Waals surface area contributed by atoms with E-state index < -0.39 is 0 Å². The summed E-state index contributed by atoms with van der Waals surface area (Å²) in [6, 6.07) is 4.39. The predicted molar refractivity (Wildman–Crippen MR) is 83.2 cm³/mol. The monoisotopic (exact) mass is 262 g/mol. The van der Waals surface area contributed by atoms with E-state index in [1.165, 1.54) is 69.9 Å². The molecule has 1 aromatic rings. The van der Waals surface area contributed by atoms with Gasteiger partial charge in [0.05, 0.1) is 0 Å². The van der Waals surface area contributed by atoms with Crippen LogP contribution in [0.2, 0.25) is 0 Å². The third kappa shape index (κ3) is 8.02. The van der Waals surface area contributed by atoms with Gasteiger partial charge >= 0.3 is 0 Å². The zero-order valence-corrected chi connectivity index (χ0v) is 13.0. The highest BCUT2D eigenvalue weighted by molar-refractivity contribution is 5.04. The summed E-state index contributed by atoms with van der Waals surface area (Å²) < 4.78 is 2.35. The molecule has 0 aromatic carbocycles. The van der Waals surface area contributed by atoms with Gasteiger partial charge in [-0.15, -0.1) is 0 Å². The van der Waals surface area contributed by atoms with Gasteiger partial charge in [0.25, 0.3) is 0 Å². The second-order valence-electron chi connectivity index (χ2n) is 5.63. The minimum atomic E-state index is 1.14. The van der Waals surface area contributed by atoms with Crippen LogP contribution in [0.15, 0.2) is 24.5 Å². The average molecular weight is 262 g/mol. The highest BCUT2D eigenvalue weighted by Gasteiger charge is 2.01. The molecule has 0 aliphatic rings. The molecule has 1 heterocycles. The Kier molecular flexibility index (Phi) is 9.40. The van der Waals surface area contributed by atoms with E-state index in [0.29, 0.717) is 0 Å². The van der Waals surface area contributed by atoms with Crippen LogP contribution in [-0.2, 0) is 13.0 Å². The fourth-order valence-electron chi connectivity index (χ4n) is 2.53. The van der Waals surface area contributed by atoms with Crippen molar-refractivity contribution in [2.24, 2.45) is 0 Å². The molecular weight excluding hydrogens is 230 g/mol. The molecule has 0 N–H and O–H groups in total. The van der Waals surface area contributed by atoms with Gasteiger partial charge in [-0.2, -0.15) is 0 Å². The van der Waals surface area contributed by atoms with Crippen LogP contribution in [0.4, 0.5) is 0 Å². The maximum Gasteiger partial charge on any atom is 0.171 e. The highest BCUT2D eigenvalue weighted by Crippen LogP contribution is 2.09. The number of aryl methyl sites for hydroxylation is 2. The van der Waals surface area contributed by atoms with E-state index >= 15 is 0 Å². The number of hydrogen-bond donors (Lipinski definition) is 0. The van der Waals surface area contributed by atoms with Crippen LogP contribution in [0.25, 0.3) is 0 Å². The molecule has 0 spiro atoms. The van der Waals surface area contributed by atoms with Crippen molar-refractivity contribution in [3.8, 4) is 0 Å². The lowest BCUT2D eigenvalue weighted by atomic mass is 10.1. The summed E-state index contributed by atoms with van der Waals surface area (Å²) in [5, 5.41) is 0. The molecule has 1 aromatic heterocycles. The summed E-state index contributed by atoms with van der Waals surface area (Å²) in [5.41, 5.74) is 1.44. The first-order chi connectivity index (χ1) is 9.36. The summed E-state index contributed by atoms with van der Waals surface area (Å²) >= 11 is 0. The molecule has 108 valence electrons. The minimum Gasteiger partial charge on any atom is -0.205 e. The van der Waals surface area contributed by atoms with Gasteiger partial charge < -0.3 is 0 Å². The smallest absolute Gasteiger partial charge is 0.171 e. The Morgan fingerprint density at radius 3 is 2.11 bits per heavy atom. The molecule has 0 saturated carbocycles. The van der Waals surface area contributed by atoms with Crippen LogP contribution in [0.1, 0.15) is 77.2 Å². The SMILES string of the molecule is CCCCCCCCCCC[n+]1cccc(CC)c1. The molecule has 19 heavy (non-hydrogen) atoms. The van der Waals surface area contributed by atoms with Crippen LogP contribution >= 0.6 is 0 Å². The topological polar surface area (TPSA) is 3.88 Å². The molecule has 0 amide bonds. The van der Waals surface area contributed by atoms with Crippen LogP contribution < -0.4 is 4.57 Å². The fourth-order valence-corrected chi connectivity index (χ4v) is 2.53. The summed E-state index contributed by atoms with van der Waals surface area (Å²) in [6.07, 6.45) is 18.3. The van der Waals surface area contributed by atoms with E-state index in [0.717, 1.165) is 6.42 Å². The van der Waals surface area contributed by atoms with Gasteiger partial charge in [0, 0.05) is 18.1 Å². The van der Waals surface area contributed by atoms with Crippen molar-refractivity contribution in [2.45, 2.75) is 84.6 Å². The largest absolute Gasteiger partial charge is 0.205 e. The molecule has 0 radical (unpaired) electrons. The van der Waals surface area contributed by atoms with Crippen molar-refractivity contribution in [3.63, 3.8) is 0 Å². The summed E-state index contributed by atoms with van der Waals surface area (Å²) in [7, 11) is 0. The molecule has 0 fully saturated rings. The Balaban J connectivity index is 1.98. The number of aromatic nitrogens is 1. The first-order valence-electron chi connectivity index (χ1n) is 8.34. The van der Waals surface area contributed by atoms with E-state index in [1.54, 1.807) is 0 Å². The van der Waals surface area contributed by atoms with E-state index in [9.17, 15) is 0 Å². The lowest BCUT2D eigenvalue weighted by Gasteiger charge is -2.01. The van der Waals surface area contributed by atoms with Crippen molar-refractivity contribution in [3.05, 3.63) is 30.1 Å². The summed E-state index contributed by atoms with van der Waals surface area (Å²) in [4.78, 5) is 0. The molecule has 1 heteroatoms. The first-order valence-corrected chi connectivity index (χ1v) is 8.34. The van der Waals surface area contributed by atoms with Crippen molar-refractivity contribution in [1.82, 2.24) is 0 Å². The van der Waals surface area contributed by atoms with Crippen LogP contribution in [0, 0.1) is 0 Å². The number of hydrogen-bond acceptors (Lipinski definition) is 0. The molecule has 0 saturated heterocycles. The van der Waals surface area contributed by atoms with E-state index in [2.05, 4.69) is 42.9 Å². The number of pyridine rings is 1. The molecule has 0 bridgehead atoms. The second kappa shape index (κ2) is 11.0. The molecular formula is C18H32N+.